The third-order valence-corrected chi connectivity index (χ3v) is 1.93. The molecule has 0 aromatic carbocycles. The van der Waals surface area contributed by atoms with Gasteiger partial charge in [-0.15, -0.1) is 0 Å². The fourth-order valence-electron chi connectivity index (χ4n) is 1.20. The minimum Gasteiger partial charge on any atom is -0.311 e. The van der Waals surface area contributed by atoms with Gasteiger partial charge in [-0.3, -0.25) is 15.1 Å². The Labute approximate surface area is 87.2 Å². The molecule has 6 nitrogen and oxygen atoms in total. The van der Waals surface area contributed by atoms with Gasteiger partial charge in [-0.2, -0.15) is 5.10 Å². The molecule has 0 bridgehead atoms. The highest BCUT2D eigenvalue weighted by atomic mass is 15.2. The molecule has 78 valence electrons. The molecule has 0 amide bonds. The monoisotopic (exact) mass is 204 g/mol. The largest absolute Gasteiger partial charge is 0.311 e. The van der Waals surface area contributed by atoms with E-state index in [1.54, 1.807) is 18.6 Å². The highest BCUT2D eigenvalue weighted by Crippen LogP contribution is 1.90. The number of aromatic amines is 1. The smallest absolute Gasteiger partial charge is 0.137 e. The van der Waals surface area contributed by atoms with Crippen LogP contribution in [0.4, 0.5) is 0 Å². The Bertz CT molecular complexity index is 371. The maximum Gasteiger partial charge on any atom is 0.137 e. The van der Waals surface area contributed by atoms with Crippen LogP contribution in [-0.2, 0) is 13.0 Å². The zero-order valence-corrected chi connectivity index (χ0v) is 8.22. The lowest BCUT2D eigenvalue weighted by Gasteiger charge is -2.01. The van der Waals surface area contributed by atoms with Gasteiger partial charge in [-0.1, -0.05) is 0 Å². The summed E-state index contributed by atoms with van der Waals surface area (Å²) in [4.78, 5) is 12.2. The second kappa shape index (κ2) is 5.16. The van der Waals surface area contributed by atoms with Gasteiger partial charge < -0.3 is 5.32 Å². The lowest BCUT2D eigenvalue weighted by molar-refractivity contribution is 0.659. The molecule has 0 radical (unpaired) electrons. The van der Waals surface area contributed by atoms with Crippen molar-refractivity contribution in [3.05, 3.63) is 36.4 Å². The highest BCUT2D eigenvalue weighted by molar-refractivity contribution is 4.93. The van der Waals surface area contributed by atoms with E-state index in [1.165, 1.54) is 6.33 Å². The fourth-order valence-corrected chi connectivity index (χ4v) is 1.20. The summed E-state index contributed by atoms with van der Waals surface area (Å²) in [5.41, 5.74) is 0.940. The second-order valence-corrected chi connectivity index (χ2v) is 3.06. The summed E-state index contributed by atoms with van der Waals surface area (Å²) in [6, 6.07) is 0. The standard InChI is InChI=1S/C9H12N6/c1(9-13-7-14-15-9)2-10-5-8-6-11-3-4-12-8/h3-4,6-7,10H,1-2,5H2,(H,13,14,15). The summed E-state index contributed by atoms with van der Waals surface area (Å²) in [6.45, 7) is 1.56. The van der Waals surface area contributed by atoms with Crippen LogP contribution >= 0.6 is 0 Å². The predicted molar refractivity (Wildman–Crippen MR) is 53.8 cm³/mol. The minimum atomic E-state index is 0.724. The molecule has 2 aromatic heterocycles. The number of hydrogen-bond donors (Lipinski definition) is 2. The predicted octanol–water partition coefficient (Wildman–Crippen LogP) is -0.0730. The highest BCUT2D eigenvalue weighted by Gasteiger charge is 1.96. The van der Waals surface area contributed by atoms with Gasteiger partial charge in [-0.25, -0.2) is 4.98 Å². The van der Waals surface area contributed by atoms with E-state index in [2.05, 4.69) is 30.5 Å². The van der Waals surface area contributed by atoms with Crippen molar-refractivity contribution in [2.45, 2.75) is 13.0 Å². The average molecular weight is 204 g/mol. The first-order valence-corrected chi connectivity index (χ1v) is 4.75. The zero-order chi connectivity index (χ0) is 10.3. The van der Waals surface area contributed by atoms with E-state index in [4.69, 9.17) is 0 Å². The molecular weight excluding hydrogens is 192 g/mol. The second-order valence-electron chi connectivity index (χ2n) is 3.06. The van der Waals surface area contributed by atoms with E-state index in [-0.39, 0.29) is 0 Å². The lowest BCUT2D eigenvalue weighted by atomic mass is 10.4. The third-order valence-electron chi connectivity index (χ3n) is 1.93. The molecule has 15 heavy (non-hydrogen) atoms. The molecule has 2 rings (SSSR count). The van der Waals surface area contributed by atoms with Crippen molar-refractivity contribution in [1.29, 1.82) is 0 Å². The van der Waals surface area contributed by atoms with Gasteiger partial charge in [0.15, 0.2) is 0 Å². The Morgan fingerprint density at radius 1 is 1.27 bits per heavy atom. The molecule has 2 heterocycles. The quantitative estimate of drug-likeness (QED) is 0.666. The summed E-state index contributed by atoms with van der Waals surface area (Å²) in [7, 11) is 0. The zero-order valence-electron chi connectivity index (χ0n) is 8.22. The Balaban J connectivity index is 1.68. The number of rotatable bonds is 5. The third kappa shape index (κ3) is 3.10. The first-order valence-electron chi connectivity index (χ1n) is 4.75. The van der Waals surface area contributed by atoms with E-state index < -0.39 is 0 Å². The molecule has 0 aliphatic rings. The SMILES string of the molecule is c1cnc(CNCCc2ncn[nH]2)cn1. The van der Waals surface area contributed by atoms with E-state index in [0.29, 0.717) is 0 Å². The summed E-state index contributed by atoms with van der Waals surface area (Å²) in [6.07, 6.45) is 7.45. The van der Waals surface area contributed by atoms with Crippen molar-refractivity contribution in [3.8, 4) is 0 Å². The van der Waals surface area contributed by atoms with Crippen LogP contribution in [0.5, 0.6) is 0 Å². The number of nitrogens with zero attached hydrogens (tertiary/aromatic N) is 4. The van der Waals surface area contributed by atoms with Crippen LogP contribution in [0, 0.1) is 0 Å². The van der Waals surface area contributed by atoms with Gasteiger partial charge in [0.1, 0.15) is 12.2 Å². The molecule has 6 heteroatoms. The topological polar surface area (TPSA) is 79.4 Å². The van der Waals surface area contributed by atoms with Crippen LogP contribution in [-0.4, -0.2) is 31.7 Å². The first kappa shape index (κ1) is 9.72. The molecule has 2 N–H and O–H groups in total. The van der Waals surface area contributed by atoms with Gasteiger partial charge in [0.05, 0.1) is 5.69 Å². The molecule has 0 aliphatic carbocycles. The van der Waals surface area contributed by atoms with E-state index in [9.17, 15) is 0 Å². The van der Waals surface area contributed by atoms with Gasteiger partial charge >= 0.3 is 0 Å². The van der Waals surface area contributed by atoms with E-state index in [1.807, 2.05) is 0 Å². The lowest BCUT2D eigenvalue weighted by Crippen LogP contribution is -2.18. The fraction of sp³-hybridized carbons (Fsp3) is 0.333. The Morgan fingerprint density at radius 2 is 2.27 bits per heavy atom. The molecule has 0 aliphatic heterocycles. The van der Waals surface area contributed by atoms with Gasteiger partial charge in [-0.05, 0) is 0 Å². The van der Waals surface area contributed by atoms with Gasteiger partial charge in [0.25, 0.3) is 0 Å². The average Bonchev–Trinajstić information content (AvgIpc) is 2.79. The maximum atomic E-state index is 4.15. The van der Waals surface area contributed by atoms with Crippen LogP contribution in [0.25, 0.3) is 0 Å². The van der Waals surface area contributed by atoms with E-state index >= 15 is 0 Å². The van der Waals surface area contributed by atoms with Crippen molar-refractivity contribution in [3.63, 3.8) is 0 Å². The van der Waals surface area contributed by atoms with Gasteiger partial charge in [0, 0.05) is 38.1 Å². The molecule has 0 atom stereocenters. The normalized spacial score (nSPS) is 10.4. The molecule has 0 saturated carbocycles. The molecule has 0 unspecified atom stereocenters. The number of hydrogen-bond acceptors (Lipinski definition) is 5. The van der Waals surface area contributed by atoms with Crippen LogP contribution in [0.15, 0.2) is 24.9 Å². The van der Waals surface area contributed by atoms with Crippen LogP contribution in [0.2, 0.25) is 0 Å². The maximum absolute atomic E-state index is 4.15. The van der Waals surface area contributed by atoms with Crippen molar-refractivity contribution in [1.82, 2.24) is 30.5 Å². The molecule has 0 spiro atoms. The molecule has 0 fully saturated rings. The Morgan fingerprint density at radius 3 is 3.00 bits per heavy atom. The molecule has 2 aromatic rings. The summed E-state index contributed by atoms with van der Waals surface area (Å²) >= 11 is 0. The Hall–Kier alpha value is -1.82. The first-order chi connectivity index (χ1) is 7.45. The Kier molecular flexibility index (Phi) is 3.34. The minimum absolute atomic E-state index is 0.724. The van der Waals surface area contributed by atoms with Crippen LogP contribution in [0.3, 0.4) is 0 Å². The van der Waals surface area contributed by atoms with Crippen molar-refractivity contribution in [2.24, 2.45) is 0 Å². The van der Waals surface area contributed by atoms with Crippen LogP contribution in [0.1, 0.15) is 11.5 Å². The van der Waals surface area contributed by atoms with E-state index in [0.717, 1.165) is 31.0 Å². The molecule has 0 saturated heterocycles. The number of H-pyrrole nitrogens is 1. The van der Waals surface area contributed by atoms with Crippen molar-refractivity contribution >= 4 is 0 Å². The van der Waals surface area contributed by atoms with Gasteiger partial charge in [0.2, 0.25) is 0 Å². The number of nitrogens with one attached hydrogen (secondary N) is 2. The summed E-state index contributed by atoms with van der Waals surface area (Å²) < 4.78 is 0. The van der Waals surface area contributed by atoms with Crippen molar-refractivity contribution in [2.75, 3.05) is 6.54 Å². The van der Waals surface area contributed by atoms with Crippen LogP contribution < -0.4 is 5.32 Å². The van der Waals surface area contributed by atoms with Crippen molar-refractivity contribution < 1.29 is 0 Å². The summed E-state index contributed by atoms with van der Waals surface area (Å²) in [5, 5.41) is 9.83. The molecular formula is C9H12N6. The number of aromatic nitrogens is 5. The summed E-state index contributed by atoms with van der Waals surface area (Å²) in [5.74, 6) is 0.890.